The van der Waals surface area contributed by atoms with Crippen molar-refractivity contribution < 1.29 is 4.79 Å². The first kappa shape index (κ1) is 10.2. The van der Waals surface area contributed by atoms with E-state index in [1.54, 1.807) is 11.3 Å². The summed E-state index contributed by atoms with van der Waals surface area (Å²) in [6.07, 6.45) is 0. The highest BCUT2D eigenvalue weighted by Gasteiger charge is 2.01. The minimum Gasteiger partial charge on any atom is -0.334 e. The number of carbonyl (C=O) groups excluding carboxylic acids is 1. The van der Waals surface area contributed by atoms with E-state index in [0.717, 1.165) is 10.6 Å². The van der Waals surface area contributed by atoms with Crippen LogP contribution in [0.5, 0.6) is 0 Å². The average Bonchev–Trinajstić information content (AvgIpc) is 2.86. The third-order valence-corrected chi connectivity index (χ3v) is 3.31. The minimum atomic E-state index is -0.163. The highest BCUT2D eigenvalue weighted by atomic mass is 32.1. The van der Waals surface area contributed by atoms with Crippen LogP contribution < -0.4 is 10.6 Å². The molecule has 0 aliphatic rings. The van der Waals surface area contributed by atoms with Crippen molar-refractivity contribution in [3.05, 3.63) is 39.9 Å². The molecule has 2 amide bonds. The molecule has 3 nitrogen and oxygen atoms in total. The van der Waals surface area contributed by atoms with Gasteiger partial charge in [-0.25, -0.2) is 4.79 Å². The highest BCUT2D eigenvalue weighted by Crippen LogP contribution is 2.14. The SMILES string of the molecule is O=C(NCc1ccsc1)Nc1cccs1. The van der Waals surface area contributed by atoms with E-state index in [9.17, 15) is 4.79 Å². The fourth-order valence-corrected chi connectivity index (χ4v) is 2.36. The van der Waals surface area contributed by atoms with Gasteiger partial charge in [-0.2, -0.15) is 11.3 Å². The number of carbonyl (C=O) groups is 1. The van der Waals surface area contributed by atoms with Crippen LogP contribution in [-0.4, -0.2) is 6.03 Å². The Bertz CT molecular complexity index is 409. The molecule has 0 unspecified atom stereocenters. The van der Waals surface area contributed by atoms with E-state index in [1.165, 1.54) is 11.3 Å². The van der Waals surface area contributed by atoms with Crippen LogP contribution >= 0.6 is 22.7 Å². The number of hydrogen-bond acceptors (Lipinski definition) is 3. The number of anilines is 1. The van der Waals surface area contributed by atoms with E-state index in [-0.39, 0.29) is 6.03 Å². The van der Waals surface area contributed by atoms with Gasteiger partial charge in [0.2, 0.25) is 0 Å². The number of nitrogens with one attached hydrogen (secondary N) is 2. The maximum atomic E-state index is 11.4. The van der Waals surface area contributed by atoms with Crippen LogP contribution in [0.2, 0.25) is 0 Å². The van der Waals surface area contributed by atoms with Gasteiger partial charge in [0.15, 0.2) is 0 Å². The second-order valence-corrected chi connectivity index (χ2v) is 4.64. The summed E-state index contributed by atoms with van der Waals surface area (Å²) in [7, 11) is 0. The largest absolute Gasteiger partial charge is 0.334 e. The molecule has 0 aliphatic carbocycles. The summed E-state index contributed by atoms with van der Waals surface area (Å²) >= 11 is 3.13. The molecule has 2 aromatic heterocycles. The zero-order valence-electron chi connectivity index (χ0n) is 7.90. The van der Waals surface area contributed by atoms with Gasteiger partial charge in [0.25, 0.3) is 0 Å². The van der Waals surface area contributed by atoms with Crippen molar-refractivity contribution in [2.24, 2.45) is 0 Å². The van der Waals surface area contributed by atoms with Crippen LogP contribution in [0, 0.1) is 0 Å². The molecule has 2 aromatic rings. The van der Waals surface area contributed by atoms with Crippen molar-refractivity contribution in [3.8, 4) is 0 Å². The third-order valence-electron chi connectivity index (χ3n) is 1.79. The molecule has 0 fully saturated rings. The van der Waals surface area contributed by atoms with Crippen LogP contribution in [0.1, 0.15) is 5.56 Å². The molecule has 0 aromatic carbocycles. The number of urea groups is 1. The Morgan fingerprint density at radius 3 is 2.93 bits per heavy atom. The second kappa shape index (κ2) is 4.95. The molecule has 0 spiro atoms. The van der Waals surface area contributed by atoms with E-state index in [0.29, 0.717) is 6.54 Å². The zero-order valence-corrected chi connectivity index (χ0v) is 9.53. The Labute approximate surface area is 95.8 Å². The molecule has 78 valence electrons. The fourth-order valence-electron chi connectivity index (χ4n) is 1.08. The molecular formula is C10H10N2OS2. The lowest BCUT2D eigenvalue weighted by molar-refractivity contribution is 0.252. The summed E-state index contributed by atoms with van der Waals surface area (Å²) in [6.45, 7) is 0.570. The van der Waals surface area contributed by atoms with Crippen LogP contribution in [0.15, 0.2) is 34.3 Å². The van der Waals surface area contributed by atoms with Gasteiger partial charge in [-0.05, 0) is 39.9 Å². The summed E-state index contributed by atoms with van der Waals surface area (Å²) in [4.78, 5) is 11.4. The molecule has 0 aliphatic heterocycles. The lowest BCUT2D eigenvalue weighted by Crippen LogP contribution is -2.27. The van der Waals surface area contributed by atoms with Crippen LogP contribution in [-0.2, 0) is 6.54 Å². The van der Waals surface area contributed by atoms with Crippen molar-refractivity contribution in [1.29, 1.82) is 0 Å². The van der Waals surface area contributed by atoms with E-state index in [4.69, 9.17) is 0 Å². The highest BCUT2D eigenvalue weighted by molar-refractivity contribution is 7.14. The predicted molar refractivity (Wildman–Crippen MR) is 64.5 cm³/mol. The lowest BCUT2D eigenvalue weighted by atomic mass is 10.3. The number of amides is 2. The van der Waals surface area contributed by atoms with Crippen molar-refractivity contribution >= 4 is 33.7 Å². The Kier molecular flexibility index (Phi) is 3.37. The first-order chi connectivity index (χ1) is 7.34. The molecule has 0 radical (unpaired) electrons. The van der Waals surface area contributed by atoms with Crippen LogP contribution in [0.4, 0.5) is 9.80 Å². The van der Waals surface area contributed by atoms with Gasteiger partial charge in [-0.15, -0.1) is 11.3 Å². The predicted octanol–water partition coefficient (Wildman–Crippen LogP) is 3.13. The van der Waals surface area contributed by atoms with Gasteiger partial charge in [-0.3, -0.25) is 5.32 Å². The van der Waals surface area contributed by atoms with Crippen molar-refractivity contribution in [1.82, 2.24) is 5.32 Å². The van der Waals surface area contributed by atoms with Gasteiger partial charge in [0.05, 0.1) is 5.00 Å². The molecular weight excluding hydrogens is 228 g/mol. The Balaban J connectivity index is 1.78. The maximum Gasteiger partial charge on any atom is 0.320 e. The molecule has 0 saturated carbocycles. The summed E-state index contributed by atoms with van der Waals surface area (Å²) in [5, 5.41) is 12.3. The molecule has 2 rings (SSSR count). The molecule has 2 N–H and O–H groups in total. The van der Waals surface area contributed by atoms with Crippen molar-refractivity contribution in [2.45, 2.75) is 6.54 Å². The zero-order chi connectivity index (χ0) is 10.5. The van der Waals surface area contributed by atoms with Crippen LogP contribution in [0.25, 0.3) is 0 Å². The molecule has 2 heterocycles. The van der Waals surface area contributed by atoms with Gasteiger partial charge in [-0.1, -0.05) is 0 Å². The average molecular weight is 238 g/mol. The van der Waals surface area contributed by atoms with Gasteiger partial charge in [0.1, 0.15) is 0 Å². The first-order valence-electron chi connectivity index (χ1n) is 4.44. The smallest absolute Gasteiger partial charge is 0.320 e. The fraction of sp³-hybridized carbons (Fsp3) is 0.100. The standard InChI is InChI=1S/C10H10N2OS2/c13-10(12-9-2-1-4-15-9)11-6-8-3-5-14-7-8/h1-5,7H,6H2,(H2,11,12,13). The van der Waals surface area contributed by atoms with Gasteiger partial charge >= 0.3 is 6.03 Å². The Morgan fingerprint density at radius 2 is 2.27 bits per heavy atom. The summed E-state index contributed by atoms with van der Waals surface area (Å²) in [6, 6.07) is 5.60. The molecule has 0 saturated heterocycles. The monoisotopic (exact) mass is 238 g/mol. The molecule has 5 heteroatoms. The Morgan fingerprint density at radius 1 is 1.33 bits per heavy atom. The summed E-state index contributed by atoms with van der Waals surface area (Å²) in [5.41, 5.74) is 1.13. The van der Waals surface area contributed by atoms with E-state index in [2.05, 4.69) is 10.6 Å². The first-order valence-corrected chi connectivity index (χ1v) is 6.26. The van der Waals surface area contributed by atoms with Crippen molar-refractivity contribution in [3.63, 3.8) is 0 Å². The third kappa shape index (κ3) is 3.07. The van der Waals surface area contributed by atoms with E-state index in [1.807, 2.05) is 34.3 Å². The van der Waals surface area contributed by atoms with Gasteiger partial charge in [0, 0.05) is 6.54 Å². The maximum absolute atomic E-state index is 11.4. The summed E-state index contributed by atoms with van der Waals surface area (Å²) in [5.74, 6) is 0. The van der Waals surface area contributed by atoms with E-state index >= 15 is 0 Å². The van der Waals surface area contributed by atoms with Crippen LogP contribution in [0.3, 0.4) is 0 Å². The Hall–Kier alpha value is -1.33. The van der Waals surface area contributed by atoms with Crippen molar-refractivity contribution in [2.75, 3.05) is 5.32 Å². The molecule has 0 atom stereocenters. The number of rotatable bonds is 3. The number of thiophene rings is 2. The van der Waals surface area contributed by atoms with Gasteiger partial charge < -0.3 is 5.32 Å². The van der Waals surface area contributed by atoms with E-state index < -0.39 is 0 Å². The summed E-state index contributed by atoms with van der Waals surface area (Å²) < 4.78 is 0. The normalized spacial score (nSPS) is 9.87. The quantitative estimate of drug-likeness (QED) is 0.847. The minimum absolute atomic E-state index is 0.163. The number of hydrogen-bond donors (Lipinski definition) is 2. The molecule has 0 bridgehead atoms. The second-order valence-electron chi connectivity index (χ2n) is 2.92. The topological polar surface area (TPSA) is 41.1 Å². The lowest BCUT2D eigenvalue weighted by Gasteiger charge is -2.04. The molecule has 15 heavy (non-hydrogen) atoms.